The molecule has 3 aliphatic rings. The molecule has 0 saturated carbocycles. The third-order valence-corrected chi connectivity index (χ3v) is 9.51. The molecule has 256 valence electrons. The van der Waals surface area contributed by atoms with Crippen LogP contribution < -0.4 is 5.32 Å². The van der Waals surface area contributed by atoms with Gasteiger partial charge in [-0.1, -0.05) is 52.0 Å². The molecule has 1 amide bonds. The van der Waals surface area contributed by atoms with Gasteiger partial charge in [0.25, 0.3) is 5.91 Å². The maximum Gasteiger partial charge on any atom is 0.251 e. The number of Topliss-reactive ketones (excluding diaryl/α,β-unsaturated/α-hetero) is 2. The Morgan fingerprint density at radius 3 is 1.77 bits per heavy atom. The van der Waals surface area contributed by atoms with E-state index >= 15 is 0 Å². The molecule has 0 aromatic heterocycles. The maximum atomic E-state index is 13.8. The average Bonchev–Trinajstić information content (AvgIpc) is 3.04. The summed E-state index contributed by atoms with van der Waals surface area (Å²) in [6, 6.07) is 0. The molecule has 0 spiro atoms. The van der Waals surface area contributed by atoms with Gasteiger partial charge in [-0.15, -0.1) is 0 Å². The van der Waals surface area contributed by atoms with E-state index in [9.17, 15) is 54.9 Å². The van der Waals surface area contributed by atoms with Crippen LogP contribution in [-0.2, 0) is 4.79 Å². The zero-order chi connectivity index (χ0) is 35.7. The lowest BCUT2D eigenvalue weighted by atomic mass is 9.76. The first-order valence-electron chi connectivity index (χ1n) is 15.5. The second kappa shape index (κ2) is 14.9. The van der Waals surface area contributed by atoms with Gasteiger partial charge in [-0.3, -0.25) is 19.2 Å². The van der Waals surface area contributed by atoms with E-state index in [1.807, 2.05) is 0 Å². The van der Waals surface area contributed by atoms with Crippen LogP contribution >= 0.6 is 0 Å². The van der Waals surface area contributed by atoms with Crippen LogP contribution in [0.5, 0.6) is 11.5 Å². The molecule has 4 rings (SSSR count). The summed E-state index contributed by atoms with van der Waals surface area (Å²) in [7, 11) is 0. The summed E-state index contributed by atoms with van der Waals surface area (Å²) in [5, 5.41) is 78.6. The lowest BCUT2D eigenvalue weighted by Crippen LogP contribution is -2.46. The smallest absolute Gasteiger partial charge is 0.251 e. The quantitative estimate of drug-likeness (QED) is 0.219. The molecule has 4 bridgehead atoms. The van der Waals surface area contributed by atoms with Crippen LogP contribution in [0.25, 0.3) is 0 Å². The normalized spacial score (nSPS) is 34.6. The van der Waals surface area contributed by atoms with Gasteiger partial charge in [0.2, 0.25) is 5.78 Å². The second-order valence-corrected chi connectivity index (χ2v) is 12.8. The predicted molar refractivity (Wildman–Crippen MR) is 172 cm³/mol. The molecule has 2 aliphatic heterocycles. The number of benzene rings is 1. The van der Waals surface area contributed by atoms with Crippen LogP contribution in [0, 0.1) is 36.5 Å². The monoisotopic (exact) mass is 655 g/mol. The summed E-state index contributed by atoms with van der Waals surface area (Å²) in [4.78, 5) is 53.6. The number of amides is 1. The maximum absolute atomic E-state index is 13.8. The Kier molecular flexibility index (Phi) is 11.9. The first-order chi connectivity index (χ1) is 21.9. The van der Waals surface area contributed by atoms with Crippen molar-refractivity contribution in [3.8, 4) is 11.5 Å². The number of carbonyl (C=O) groups is 4. The molecule has 0 radical (unpaired) electrons. The van der Waals surface area contributed by atoms with E-state index < -0.39 is 118 Å². The molecule has 9 unspecified atom stereocenters. The van der Waals surface area contributed by atoms with Crippen LogP contribution in [0.3, 0.4) is 0 Å². The van der Waals surface area contributed by atoms with Gasteiger partial charge in [0.05, 0.1) is 53.4 Å². The Labute approximate surface area is 273 Å². The van der Waals surface area contributed by atoms with Crippen LogP contribution in [0.1, 0.15) is 78.2 Å². The first-order valence-corrected chi connectivity index (χ1v) is 15.5. The number of allylic oxidation sites excluding steroid dienone is 5. The van der Waals surface area contributed by atoms with Gasteiger partial charge < -0.3 is 41.1 Å². The third-order valence-electron chi connectivity index (χ3n) is 9.51. The summed E-state index contributed by atoms with van der Waals surface area (Å²) in [5.41, 5.74) is -2.50. The lowest BCUT2D eigenvalue weighted by molar-refractivity contribution is -0.116. The number of nitrogens with one attached hydrogen (secondary N) is 1. The van der Waals surface area contributed by atoms with Gasteiger partial charge in [0, 0.05) is 46.8 Å². The number of aliphatic hydroxyl groups is 5. The molecule has 8 N–H and O–H groups in total. The van der Waals surface area contributed by atoms with E-state index in [0.717, 1.165) is 6.08 Å². The molecular formula is C35H45NO11. The first kappa shape index (κ1) is 37.5. The molecule has 12 nitrogen and oxygen atoms in total. The minimum Gasteiger partial charge on any atom is -0.507 e. The molecule has 1 aromatic carbocycles. The zero-order valence-corrected chi connectivity index (χ0v) is 27.6. The van der Waals surface area contributed by atoms with Crippen LogP contribution in [-0.4, -0.2) is 90.0 Å². The van der Waals surface area contributed by atoms with Gasteiger partial charge in [-0.05, 0) is 26.3 Å². The van der Waals surface area contributed by atoms with Crippen molar-refractivity contribution in [1.82, 2.24) is 5.32 Å². The topological polar surface area (TPSA) is 222 Å². The molecule has 2 heterocycles. The standard InChI is InChI=1S/C35H45NO11/c1-14-9-8-10-15(2)35(47)36-22-12-23(38)24-25(32(44)20(7)33(45)26(24)34(22)46)28(40)16(3)11-21(13-37)31(43)19(6)30(42)18(5)29(41)17(4)27(14)39/h8-12,14,17-19,21,27,29-31,37,39,41-45H,13H2,1-7H3,(H,36,47)/b9-8-,15-10-,16-11-. The minimum absolute atomic E-state index is 0.117. The number of carbonyl (C=O) groups excluding carboxylic acids is 4. The Bertz CT molecular complexity index is 1570. The lowest BCUT2D eigenvalue weighted by Gasteiger charge is -2.37. The number of rotatable bonds is 1. The molecule has 0 saturated heterocycles. The number of hydrogen-bond donors (Lipinski definition) is 8. The number of phenols is 2. The largest absolute Gasteiger partial charge is 0.507 e. The number of fused-ring (bicyclic) bond motifs is 15. The van der Waals surface area contributed by atoms with Crippen LogP contribution in [0.15, 0.2) is 47.2 Å². The van der Waals surface area contributed by atoms with E-state index in [-0.39, 0.29) is 16.7 Å². The van der Waals surface area contributed by atoms with Crippen LogP contribution in [0.4, 0.5) is 0 Å². The fourth-order valence-electron chi connectivity index (χ4n) is 6.11. The third kappa shape index (κ3) is 7.31. The Morgan fingerprint density at radius 2 is 1.21 bits per heavy atom. The van der Waals surface area contributed by atoms with Crippen molar-refractivity contribution in [2.45, 2.75) is 72.9 Å². The van der Waals surface area contributed by atoms with Crippen molar-refractivity contribution in [2.24, 2.45) is 29.6 Å². The number of phenolic OH excluding ortho intramolecular Hbond substituents is 2. The van der Waals surface area contributed by atoms with E-state index in [1.165, 1.54) is 45.9 Å². The minimum atomic E-state index is -1.44. The van der Waals surface area contributed by atoms with E-state index in [0.29, 0.717) is 0 Å². The number of aliphatic hydroxyl groups excluding tert-OH is 5. The highest BCUT2D eigenvalue weighted by Crippen LogP contribution is 2.41. The van der Waals surface area contributed by atoms with Crippen molar-refractivity contribution in [2.75, 3.05) is 6.61 Å². The van der Waals surface area contributed by atoms with E-state index in [1.54, 1.807) is 26.8 Å². The Hall–Kier alpha value is -3.94. The van der Waals surface area contributed by atoms with Crippen molar-refractivity contribution >= 4 is 23.3 Å². The fraction of sp³-hybridized carbons (Fsp3) is 0.486. The van der Waals surface area contributed by atoms with Gasteiger partial charge in [-0.25, -0.2) is 0 Å². The highest BCUT2D eigenvalue weighted by Gasteiger charge is 2.40. The van der Waals surface area contributed by atoms with Crippen molar-refractivity contribution in [1.29, 1.82) is 0 Å². The molecular weight excluding hydrogens is 610 g/mol. The number of aromatic hydroxyl groups is 2. The van der Waals surface area contributed by atoms with Gasteiger partial charge in [-0.2, -0.15) is 0 Å². The molecule has 12 heteroatoms. The van der Waals surface area contributed by atoms with Gasteiger partial charge >= 0.3 is 0 Å². The molecule has 1 aromatic rings. The molecule has 0 fully saturated rings. The van der Waals surface area contributed by atoms with Crippen molar-refractivity contribution in [3.05, 3.63) is 69.5 Å². The Balaban J connectivity index is 2.23. The fourth-order valence-corrected chi connectivity index (χ4v) is 6.11. The van der Waals surface area contributed by atoms with Gasteiger partial charge in [0.1, 0.15) is 11.5 Å². The SMILES string of the molecule is C/C1=C/C=C\C(C)C(O)C(C)C(O)C(C)C(O)C(C)C(O)C(CO)/C=C(/C)C(=O)c2c(O)c(C)c(O)c3c2C(=O)C=C(NC1=O)C3=O. The number of ketones is 3. The summed E-state index contributed by atoms with van der Waals surface area (Å²) in [6.07, 6.45) is 1.49. The van der Waals surface area contributed by atoms with Crippen molar-refractivity contribution in [3.63, 3.8) is 0 Å². The number of hydrogen-bond acceptors (Lipinski definition) is 11. The Morgan fingerprint density at radius 1 is 0.702 bits per heavy atom. The van der Waals surface area contributed by atoms with E-state index in [4.69, 9.17) is 0 Å². The predicted octanol–water partition coefficient (Wildman–Crippen LogP) is 2.03. The summed E-state index contributed by atoms with van der Waals surface area (Å²) in [6.45, 7) is 9.69. The molecule has 1 aliphatic carbocycles. The van der Waals surface area contributed by atoms with E-state index in [2.05, 4.69) is 5.32 Å². The molecule has 9 atom stereocenters. The second-order valence-electron chi connectivity index (χ2n) is 12.8. The van der Waals surface area contributed by atoms with Gasteiger partial charge in [0.15, 0.2) is 11.6 Å². The summed E-state index contributed by atoms with van der Waals surface area (Å²) >= 11 is 0. The highest BCUT2D eigenvalue weighted by atomic mass is 16.3. The molecule has 47 heavy (non-hydrogen) atoms. The zero-order valence-electron chi connectivity index (χ0n) is 27.6. The summed E-state index contributed by atoms with van der Waals surface area (Å²) < 4.78 is 0. The van der Waals surface area contributed by atoms with Crippen LogP contribution in [0.2, 0.25) is 0 Å². The van der Waals surface area contributed by atoms with Crippen molar-refractivity contribution < 1.29 is 54.9 Å². The highest BCUT2D eigenvalue weighted by molar-refractivity contribution is 6.31. The average molecular weight is 656 g/mol. The summed E-state index contributed by atoms with van der Waals surface area (Å²) in [5.74, 6) is -9.29.